The fourth-order valence-electron chi connectivity index (χ4n) is 4.53. The summed E-state index contributed by atoms with van der Waals surface area (Å²) in [7, 11) is -2.05. The highest BCUT2D eigenvalue weighted by Crippen LogP contribution is 2.32. The van der Waals surface area contributed by atoms with E-state index in [0.29, 0.717) is 46.0 Å². The number of ketones is 1. The number of benzene rings is 3. The number of nitrogens with one attached hydrogen (secondary N) is 2. The molecule has 43 heavy (non-hydrogen) atoms. The van der Waals surface area contributed by atoms with Gasteiger partial charge >= 0.3 is 6.07 Å². The molecule has 0 aliphatic heterocycles. The Morgan fingerprint density at radius 1 is 1.12 bits per heavy atom. The van der Waals surface area contributed by atoms with E-state index < -0.39 is 27.0 Å². The Morgan fingerprint density at radius 3 is 2.65 bits per heavy atom. The summed E-state index contributed by atoms with van der Waals surface area (Å²) in [4.78, 5) is 32.8. The van der Waals surface area contributed by atoms with Crippen LogP contribution in [0.1, 0.15) is 44.8 Å². The van der Waals surface area contributed by atoms with Crippen LogP contribution in [0.2, 0.25) is 5.02 Å². The lowest BCUT2D eigenvalue weighted by Crippen LogP contribution is -2.33. The van der Waals surface area contributed by atoms with Crippen LogP contribution in [0, 0.1) is 6.07 Å². The minimum Gasteiger partial charge on any atom is -0.457 e. The van der Waals surface area contributed by atoms with Crippen LogP contribution in [0.25, 0.3) is 21.4 Å². The first-order valence-corrected chi connectivity index (χ1v) is 15.0. The van der Waals surface area contributed by atoms with E-state index in [2.05, 4.69) is 25.7 Å². The van der Waals surface area contributed by atoms with Crippen molar-refractivity contribution < 1.29 is 22.7 Å². The van der Waals surface area contributed by atoms with Crippen LogP contribution in [0.4, 0.5) is 5.82 Å². The van der Waals surface area contributed by atoms with Crippen LogP contribution >= 0.6 is 11.6 Å². The van der Waals surface area contributed by atoms with E-state index in [1.807, 2.05) is 12.1 Å². The average molecular weight is 616 g/mol. The van der Waals surface area contributed by atoms with Crippen LogP contribution in [0.3, 0.4) is 0 Å². The molecule has 0 atom stereocenters. The third kappa shape index (κ3) is 5.68. The normalized spacial score (nSPS) is 12.9. The molecule has 11 nitrogen and oxygen atoms in total. The second-order valence-corrected chi connectivity index (χ2v) is 12.3. The smallest absolute Gasteiger partial charge is 0.310 e. The zero-order valence-corrected chi connectivity index (χ0v) is 24.2. The lowest BCUT2D eigenvalue weighted by atomic mass is 10.1. The molecule has 13 heteroatoms. The molecule has 1 amide bonds. The Labute approximate surface area is 251 Å². The van der Waals surface area contributed by atoms with Crippen LogP contribution in [-0.2, 0) is 10.0 Å². The molecule has 5 aromatic rings. The van der Waals surface area contributed by atoms with Gasteiger partial charge in [-0.1, -0.05) is 22.5 Å². The highest BCUT2D eigenvalue weighted by atomic mass is 35.5. The summed E-state index contributed by atoms with van der Waals surface area (Å²) >= 11 is 6.56. The monoisotopic (exact) mass is 615 g/mol. The molecule has 1 aliphatic rings. The minimum atomic E-state index is -3.69. The van der Waals surface area contributed by atoms with Crippen molar-refractivity contribution in [1.82, 2.24) is 19.5 Å². The summed E-state index contributed by atoms with van der Waals surface area (Å²) in [5.74, 6) is -0.00654. The highest BCUT2D eigenvalue weighted by molar-refractivity contribution is 7.91. The fraction of sp³-hybridized carbons (Fsp3) is 0.133. The van der Waals surface area contributed by atoms with Crippen LogP contribution in [0.15, 0.2) is 72.9 Å². The van der Waals surface area contributed by atoms with E-state index in [4.69, 9.17) is 22.1 Å². The van der Waals surface area contributed by atoms with Gasteiger partial charge in [-0.05, 0) is 61.4 Å². The summed E-state index contributed by atoms with van der Waals surface area (Å²) in [5, 5.41) is 4.61. The van der Waals surface area contributed by atoms with Crippen molar-refractivity contribution in [2.75, 3.05) is 12.8 Å². The number of anilines is 1. The number of amides is 1. The van der Waals surface area contributed by atoms with Crippen molar-refractivity contribution in [1.29, 1.82) is 0 Å². The number of aromatic nitrogens is 3. The van der Waals surface area contributed by atoms with Gasteiger partial charge < -0.3 is 15.5 Å². The number of fused-ring (bicyclic) bond motifs is 1. The second-order valence-electron chi connectivity index (χ2n) is 9.92. The lowest BCUT2D eigenvalue weighted by Gasteiger charge is -2.10. The molecule has 2 aromatic heterocycles. The summed E-state index contributed by atoms with van der Waals surface area (Å²) in [6.07, 6.45) is 2.43. The lowest BCUT2D eigenvalue weighted by molar-refractivity contribution is 0.0980. The molecule has 1 aliphatic carbocycles. The standard InChI is InChI=1S/C30H23ClN6O5S/c1-33-15-17-3-2-4-20(11-17)42-21-6-10-27(24(31)14-21)37-29(32)23(16-34-37)28(38)26-13-19-12-18(5-9-25(19)35-26)30(39)36-43(40,41)22-7-8-22/h2-6,9-14,16,22H,7-8H2,1H3,(H3-,32,34,35,36,38,39)/p+1. The molecular weight excluding hydrogens is 592 g/mol. The molecule has 4 N–H and O–H groups in total. The first-order valence-electron chi connectivity index (χ1n) is 13.1. The van der Waals surface area contributed by atoms with E-state index in [1.165, 1.54) is 23.0 Å². The number of halogens is 1. The maximum atomic E-state index is 13.4. The number of H-pyrrole nitrogens is 1. The Balaban J connectivity index is 1.21. The van der Waals surface area contributed by atoms with Gasteiger partial charge in [0.1, 0.15) is 22.9 Å². The number of hydrogen-bond acceptors (Lipinski definition) is 7. The number of sulfonamides is 1. The van der Waals surface area contributed by atoms with Crippen LogP contribution in [-0.4, -0.2) is 47.2 Å². The summed E-state index contributed by atoms with van der Waals surface area (Å²) in [6, 6.07) is 21.3. The van der Waals surface area contributed by atoms with Crippen LogP contribution < -0.4 is 15.2 Å². The summed E-state index contributed by atoms with van der Waals surface area (Å²) in [5.41, 5.74) is 8.65. The number of ether oxygens (including phenoxy) is 1. The molecule has 6 rings (SSSR count). The number of carbonyl (C=O) groups excluding carboxylic acids is 2. The number of aromatic amines is 1. The molecule has 2 heterocycles. The molecule has 0 unspecified atom stereocenters. The van der Waals surface area contributed by atoms with E-state index >= 15 is 0 Å². The minimum absolute atomic E-state index is 0.0756. The topological polar surface area (TPSA) is 154 Å². The van der Waals surface area contributed by atoms with Crippen molar-refractivity contribution in [2.45, 2.75) is 18.1 Å². The van der Waals surface area contributed by atoms with Crippen molar-refractivity contribution in [3.05, 3.63) is 105 Å². The molecule has 216 valence electrons. The van der Waals surface area contributed by atoms with Gasteiger partial charge in [-0.25, -0.2) is 17.8 Å². The summed E-state index contributed by atoms with van der Waals surface area (Å²) < 4.78 is 33.7. The maximum absolute atomic E-state index is 13.4. The molecular formula is C30H24ClN6O5S+. The third-order valence-electron chi connectivity index (χ3n) is 6.83. The van der Waals surface area contributed by atoms with Crippen molar-refractivity contribution in [3.63, 3.8) is 0 Å². The van der Waals surface area contributed by atoms with Crippen LogP contribution in [0.5, 0.6) is 11.5 Å². The number of carbonyl (C=O) groups is 2. The molecule has 0 saturated heterocycles. The maximum Gasteiger partial charge on any atom is 0.310 e. The van der Waals surface area contributed by atoms with Crippen molar-refractivity contribution in [2.24, 2.45) is 0 Å². The number of nitrogens with two attached hydrogens (primary N) is 1. The Kier molecular flexibility index (Phi) is 7.13. The predicted molar refractivity (Wildman–Crippen MR) is 163 cm³/mol. The molecule has 0 spiro atoms. The van der Waals surface area contributed by atoms with E-state index in [0.717, 1.165) is 5.56 Å². The van der Waals surface area contributed by atoms with Gasteiger partial charge in [0, 0.05) is 28.6 Å². The highest BCUT2D eigenvalue weighted by Gasteiger charge is 2.37. The SMILES string of the molecule is C[N+]#Cc1cccc(Oc2ccc(-n3ncc(C(=O)c4cc5cc(C(=O)NS(=O)(=O)C6CC6)ccc5[nH]4)c3N)c(Cl)c2)c1. The first kappa shape index (κ1) is 28.0. The quantitative estimate of drug-likeness (QED) is 0.204. The molecule has 0 bridgehead atoms. The number of nitrogens with zero attached hydrogens (tertiary/aromatic N) is 3. The molecule has 0 radical (unpaired) electrons. The van der Waals surface area contributed by atoms with Gasteiger partial charge in [-0.2, -0.15) is 5.10 Å². The average Bonchev–Trinajstić information content (AvgIpc) is 3.66. The third-order valence-corrected chi connectivity index (χ3v) is 8.96. The Hall–Kier alpha value is -5.12. The predicted octanol–water partition coefficient (Wildman–Crippen LogP) is 5.15. The van der Waals surface area contributed by atoms with E-state index in [-0.39, 0.29) is 22.6 Å². The first-order chi connectivity index (χ1) is 20.6. The van der Waals surface area contributed by atoms with Crippen molar-refractivity contribution >= 4 is 50.0 Å². The second kappa shape index (κ2) is 10.9. The van der Waals surface area contributed by atoms with E-state index in [9.17, 15) is 18.0 Å². The number of rotatable bonds is 8. The zero-order chi connectivity index (χ0) is 30.3. The van der Waals surface area contributed by atoms with E-state index in [1.54, 1.807) is 49.5 Å². The molecule has 1 saturated carbocycles. The Morgan fingerprint density at radius 2 is 1.91 bits per heavy atom. The van der Waals surface area contributed by atoms with Crippen molar-refractivity contribution in [3.8, 4) is 23.3 Å². The van der Waals surface area contributed by atoms with Gasteiger partial charge in [0.05, 0.1) is 33.4 Å². The zero-order valence-electron chi connectivity index (χ0n) is 22.7. The number of hydrogen-bond donors (Lipinski definition) is 3. The van der Waals surface area contributed by atoms with Gasteiger partial charge in [0.25, 0.3) is 13.0 Å². The summed E-state index contributed by atoms with van der Waals surface area (Å²) in [6.45, 7) is 0. The molecule has 1 fully saturated rings. The fourth-order valence-corrected chi connectivity index (χ4v) is 6.08. The number of nitrogen functional groups attached to an aromatic ring is 1. The van der Waals surface area contributed by atoms with Gasteiger partial charge in [0.15, 0.2) is 0 Å². The Bertz CT molecular complexity index is 2100. The van der Waals surface area contributed by atoms with Gasteiger partial charge in [-0.15, -0.1) is 0 Å². The molecule has 3 aromatic carbocycles. The van der Waals surface area contributed by atoms with Gasteiger partial charge in [-0.3, -0.25) is 9.59 Å². The van der Waals surface area contributed by atoms with Gasteiger partial charge in [0.2, 0.25) is 15.8 Å². The largest absolute Gasteiger partial charge is 0.457 e.